The Morgan fingerprint density at radius 3 is 2.77 bits per heavy atom. The molecule has 26 heavy (non-hydrogen) atoms. The molecular formula is C23H33FO2. The van der Waals surface area contributed by atoms with E-state index in [0.717, 1.165) is 38.5 Å². The van der Waals surface area contributed by atoms with E-state index in [9.17, 15) is 14.6 Å². The van der Waals surface area contributed by atoms with Gasteiger partial charge in [-0.05, 0) is 81.0 Å². The number of hydrogen-bond donors (Lipinski definition) is 2. The van der Waals surface area contributed by atoms with Crippen LogP contribution in [0.5, 0.6) is 0 Å². The van der Waals surface area contributed by atoms with Crippen LogP contribution in [0.3, 0.4) is 0 Å². The maximum absolute atomic E-state index is 13.5. The van der Waals surface area contributed by atoms with E-state index in [1.54, 1.807) is 0 Å². The third-order valence-corrected chi connectivity index (χ3v) is 8.68. The lowest BCUT2D eigenvalue weighted by Crippen LogP contribution is -2.55. The predicted octanol–water partition coefficient (Wildman–Crippen LogP) is 4.26. The molecule has 2 N–H and O–H groups in total. The van der Waals surface area contributed by atoms with Gasteiger partial charge in [0.25, 0.3) is 0 Å². The van der Waals surface area contributed by atoms with Crippen molar-refractivity contribution in [2.45, 2.75) is 76.9 Å². The second-order valence-corrected chi connectivity index (χ2v) is 9.82. The van der Waals surface area contributed by atoms with E-state index in [4.69, 9.17) is 6.42 Å². The number of rotatable bonds is 2. The molecule has 0 aromatic carbocycles. The molecule has 8 atom stereocenters. The van der Waals surface area contributed by atoms with Gasteiger partial charge in [0.05, 0.1) is 12.8 Å². The maximum atomic E-state index is 13.5. The first kappa shape index (κ1) is 18.5. The molecule has 4 aliphatic rings. The molecule has 2 nitrogen and oxygen atoms in total. The van der Waals surface area contributed by atoms with Crippen LogP contribution in [-0.2, 0) is 0 Å². The highest BCUT2D eigenvalue weighted by Gasteiger charge is 2.64. The molecule has 4 unspecified atom stereocenters. The van der Waals surface area contributed by atoms with Gasteiger partial charge in [0.15, 0.2) is 0 Å². The van der Waals surface area contributed by atoms with E-state index >= 15 is 0 Å². The molecule has 4 aliphatic carbocycles. The lowest BCUT2D eigenvalue weighted by molar-refractivity contribution is -0.106. The second kappa shape index (κ2) is 6.35. The quantitative estimate of drug-likeness (QED) is 0.571. The number of terminal acetylenes is 1. The average molecular weight is 361 g/mol. The molecule has 0 amide bonds. The minimum atomic E-state index is -1.05. The molecule has 0 aliphatic heterocycles. The van der Waals surface area contributed by atoms with Gasteiger partial charge < -0.3 is 10.2 Å². The van der Waals surface area contributed by atoms with Crippen molar-refractivity contribution in [2.24, 2.45) is 35.0 Å². The number of fused-ring (bicyclic) bond motifs is 4. The predicted molar refractivity (Wildman–Crippen MR) is 101 cm³/mol. The van der Waals surface area contributed by atoms with Crippen LogP contribution in [0.15, 0.2) is 11.1 Å². The van der Waals surface area contributed by atoms with Crippen LogP contribution in [0.4, 0.5) is 4.39 Å². The molecular weight excluding hydrogens is 327 g/mol. The van der Waals surface area contributed by atoms with Crippen LogP contribution >= 0.6 is 0 Å². The molecule has 0 aromatic rings. The van der Waals surface area contributed by atoms with Crippen molar-refractivity contribution < 1.29 is 14.6 Å². The van der Waals surface area contributed by atoms with Crippen molar-refractivity contribution in [3.63, 3.8) is 0 Å². The number of aliphatic hydroxyl groups excluding tert-OH is 1. The highest BCUT2D eigenvalue weighted by atomic mass is 19.1. The van der Waals surface area contributed by atoms with Gasteiger partial charge in [0.1, 0.15) is 5.60 Å². The van der Waals surface area contributed by atoms with Crippen LogP contribution in [0.1, 0.15) is 65.2 Å². The topological polar surface area (TPSA) is 40.5 Å². The van der Waals surface area contributed by atoms with Crippen LogP contribution in [-0.4, -0.2) is 28.6 Å². The molecule has 0 heterocycles. The summed E-state index contributed by atoms with van der Waals surface area (Å²) in [6.07, 6.45) is 12.3. The lowest BCUT2D eigenvalue weighted by atomic mass is 9.47. The van der Waals surface area contributed by atoms with Crippen molar-refractivity contribution in [3.8, 4) is 12.3 Å². The van der Waals surface area contributed by atoms with Gasteiger partial charge >= 0.3 is 0 Å². The standard InChI is InChI=1S/C23H33FO2/c1-4-23(26)9-7-19-20-14(2)11-16-12-17(25)5-6-18(16)21(20)15(8-10-24)13-22(19,23)3/h1,14-15,17,19-21,25-26H,5-13H2,2-3H3/t14?,15-,17-,19?,20?,21?,22-,23-/m0/s1. The summed E-state index contributed by atoms with van der Waals surface area (Å²) in [7, 11) is 0. The van der Waals surface area contributed by atoms with E-state index < -0.39 is 5.60 Å². The summed E-state index contributed by atoms with van der Waals surface area (Å²) in [4.78, 5) is 0. The Kier molecular flexibility index (Phi) is 4.52. The van der Waals surface area contributed by atoms with Crippen molar-refractivity contribution in [1.29, 1.82) is 0 Å². The number of hydrogen-bond acceptors (Lipinski definition) is 2. The summed E-state index contributed by atoms with van der Waals surface area (Å²) in [5.74, 6) is 4.83. The minimum absolute atomic E-state index is 0.205. The number of alkyl halides is 1. The fourth-order valence-electron chi connectivity index (χ4n) is 7.53. The third kappa shape index (κ3) is 2.45. The fourth-order valence-corrected chi connectivity index (χ4v) is 7.53. The Labute approximate surface area is 157 Å². The van der Waals surface area contributed by atoms with Crippen molar-refractivity contribution in [2.75, 3.05) is 6.67 Å². The first-order chi connectivity index (χ1) is 12.3. The number of allylic oxidation sites excluding steroid dienone is 1. The summed E-state index contributed by atoms with van der Waals surface area (Å²) in [5, 5.41) is 21.4. The summed E-state index contributed by atoms with van der Waals surface area (Å²) in [6, 6.07) is 0. The van der Waals surface area contributed by atoms with Crippen molar-refractivity contribution in [1.82, 2.24) is 0 Å². The summed E-state index contributed by atoms with van der Waals surface area (Å²) in [6.45, 7) is 4.20. The maximum Gasteiger partial charge on any atom is 0.130 e. The zero-order valence-electron chi connectivity index (χ0n) is 16.2. The molecule has 0 bridgehead atoms. The molecule has 0 saturated heterocycles. The fraction of sp³-hybridized carbons (Fsp3) is 0.826. The number of aliphatic hydroxyl groups is 2. The molecule has 4 rings (SSSR count). The molecule has 2 saturated carbocycles. The normalized spacial score (nSPS) is 50.6. The first-order valence-electron chi connectivity index (χ1n) is 10.5. The summed E-state index contributed by atoms with van der Waals surface area (Å²) in [5.41, 5.74) is 1.64. The zero-order valence-corrected chi connectivity index (χ0v) is 16.2. The minimum Gasteiger partial charge on any atom is -0.393 e. The van der Waals surface area contributed by atoms with Crippen molar-refractivity contribution >= 4 is 0 Å². The Morgan fingerprint density at radius 2 is 2.08 bits per heavy atom. The first-order valence-corrected chi connectivity index (χ1v) is 10.5. The largest absolute Gasteiger partial charge is 0.393 e. The second-order valence-electron chi connectivity index (χ2n) is 9.82. The van der Waals surface area contributed by atoms with Gasteiger partial charge in [-0.15, -0.1) is 6.42 Å². The molecule has 0 spiro atoms. The van der Waals surface area contributed by atoms with Gasteiger partial charge in [-0.3, -0.25) is 4.39 Å². The Bertz CT molecular complexity index is 649. The van der Waals surface area contributed by atoms with Crippen molar-refractivity contribution in [3.05, 3.63) is 11.1 Å². The lowest BCUT2D eigenvalue weighted by Gasteiger charge is -2.58. The average Bonchev–Trinajstić information content (AvgIpc) is 2.86. The Balaban J connectivity index is 1.78. The van der Waals surface area contributed by atoms with E-state index in [2.05, 4.69) is 19.8 Å². The summed E-state index contributed by atoms with van der Waals surface area (Å²) < 4.78 is 13.5. The molecule has 2 fully saturated rings. The Morgan fingerprint density at radius 1 is 1.31 bits per heavy atom. The van der Waals surface area contributed by atoms with E-state index in [1.807, 2.05) is 0 Å². The molecule has 0 aromatic heterocycles. The summed E-state index contributed by atoms with van der Waals surface area (Å²) >= 11 is 0. The van der Waals surface area contributed by atoms with Gasteiger partial charge in [0.2, 0.25) is 0 Å². The van der Waals surface area contributed by atoms with E-state index in [0.29, 0.717) is 36.5 Å². The molecule has 3 heteroatoms. The van der Waals surface area contributed by atoms with Crippen LogP contribution < -0.4 is 0 Å². The van der Waals surface area contributed by atoms with Crippen LogP contribution in [0.2, 0.25) is 0 Å². The monoisotopic (exact) mass is 360 g/mol. The van der Waals surface area contributed by atoms with E-state index in [1.165, 1.54) is 11.1 Å². The van der Waals surface area contributed by atoms with E-state index in [-0.39, 0.29) is 24.1 Å². The van der Waals surface area contributed by atoms with Crippen LogP contribution in [0.25, 0.3) is 0 Å². The number of halogens is 1. The van der Waals surface area contributed by atoms with Gasteiger partial charge in [-0.25, -0.2) is 0 Å². The Hall–Kier alpha value is -0.850. The van der Waals surface area contributed by atoms with Gasteiger partial charge in [-0.1, -0.05) is 30.9 Å². The molecule has 144 valence electrons. The highest BCUT2D eigenvalue weighted by Crippen LogP contribution is 2.67. The smallest absolute Gasteiger partial charge is 0.130 e. The molecule has 0 radical (unpaired) electrons. The van der Waals surface area contributed by atoms with Crippen LogP contribution in [0, 0.1) is 47.3 Å². The zero-order chi connectivity index (χ0) is 18.7. The SMILES string of the molecule is C#C[C@]1(O)CCC2C3C(C)CC4=C(CC[C@H](O)C4)C3[C@@H](CCF)C[C@@]21C. The third-order valence-electron chi connectivity index (χ3n) is 8.68. The van der Waals surface area contributed by atoms with Gasteiger partial charge in [-0.2, -0.15) is 0 Å². The van der Waals surface area contributed by atoms with Gasteiger partial charge in [0, 0.05) is 5.41 Å². The highest BCUT2D eigenvalue weighted by molar-refractivity contribution is 5.32.